The molecule has 0 aliphatic heterocycles. The van der Waals surface area contributed by atoms with Gasteiger partial charge in [0, 0.05) is 11.9 Å². The Morgan fingerprint density at radius 1 is 1.12 bits per heavy atom. The summed E-state index contributed by atoms with van der Waals surface area (Å²) in [6, 6.07) is 11.0. The van der Waals surface area contributed by atoms with Crippen molar-refractivity contribution < 1.29 is 0 Å². The average molecular weight is 221 g/mol. The van der Waals surface area contributed by atoms with E-state index in [1.807, 2.05) is 13.1 Å². The summed E-state index contributed by atoms with van der Waals surface area (Å²) in [5, 5.41) is 0. The summed E-state index contributed by atoms with van der Waals surface area (Å²) in [7, 11) is 0. The van der Waals surface area contributed by atoms with Crippen molar-refractivity contribution in [2.75, 3.05) is 0 Å². The molecule has 1 heteroatoms. The molecule has 1 aliphatic carbocycles. The van der Waals surface area contributed by atoms with Gasteiger partial charge in [-0.25, -0.2) is 0 Å². The monoisotopic (exact) mass is 221 g/mol. The minimum absolute atomic E-state index is 0.997. The molecule has 1 heterocycles. The number of pyridine rings is 1. The average Bonchev–Trinajstić information content (AvgIpc) is 2.76. The van der Waals surface area contributed by atoms with Gasteiger partial charge in [0.05, 0.1) is 0 Å². The zero-order chi connectivity index (χ0) is 11.7. The van der Waals surface area contributed by atoms with E-state index in [1.165, 1.54) is 22.3 Å². The summed E-state index contributed by atoms with van der Waals surface area (Å²) >= 11 is 0. The number of hydrogen-bond acceptors (Lipinski definition) is 1. The number of aromatic nitrogens is 1. The minimum Gasteiger partial charge on any atom is -0.262 e. The maximum Gasteiger partial charge on any atom is 0.0375 e. The van der Waals surface area contributed by atoms with Gasteiger partial charge in [-0.15, -0.1) is 0 Å². The van der Waals surface area contributed by atoms with Crippen molar-refractivity contribution in [1.82, 2.24) is 4.98 Å². The molecule has 0 fully saturated rings. The van der Waals surface area contributed by atoms with Gasteiger partial charge in [-0.05, 0) is 54.2 Å². The van der Waals surface area contributed by atoms with E-state index in [4.69, 9.17) is 0 Å². The van der Waals surface area contributed by atoms with Gasteiger partial charge in [0.2, 0.25) is 0 Å². The van der Waals surface area contributed by atoms with Crippen LogP contribution in [0.25, 0.3) is 6.08 Å². The number of rotatable bonds is 2. The van der Waals surface area contributed by atoms with Crippen molar-refractivity contribution in [2.45, 2.75) is 19.8 Å². The summed E-state index contributed by atoms with van der Waals surface area (Å²) < 4.78 is 0. The van der Waals surface area contributed by atoms with Crippen LogP contribution in [-0.2, 0) is 12.8 Å². The molecule has 0 saturated heterocycles. The van der Waals surface area contributed by atoms with Crippen molar-refractivity contribution in [3.05, 3.63) is 70.6 Å². The highest BCUT2D eigenvalue weighted by Gasteiger charge is 2.06. The fourth-order valence-corrected chi connectivity index (χ4v) is 2.37. The molecule has 1 aromatic carbocycles. The molecule has 1 nitrogen and oxygen atoms in total. The van der Waals surface area contributed by atoms with Gasteiger partial charge in [-0.3, -0.25) is 4.98 Å². The molecule has 3 rings (SSSR count). The van der Waals surface area contributed by atoms with Crippen LogP contribution in [0, 0.1) is 6.92 Å². The van der Waals surface area contributed by atoms with Gasteiger partial charge < -0.3 is 0 Å². The molecule has 0 unspecified atom stereocenters. The Bertz CT molecular complexity index is 582. The van der Waals surface area contributed by atoms with Crippen LogP contribution in [-0.4, -0.2) is 4.98 Å². The first-order valence-electron chi connectivity index (χ1n) is 6.01. The van der Waals surface area contributed by atoms with Crippen LogP contribution in [0.15, 0.2) is 42.6 Å². The van der Waals surface area contributed by atoms with E-state index in [1.54, 1.807) is 0 Å². The van der Waals surface area contributed by atoms with Crippen LogP contribution in [0.1, 0.15) is 27.9 Å². The fourth-order valence-electron chi connectivity index (χ4n) is 2.37. The zero-order valence-corrected chi connectivity index (χ0v) is 9.98. The third-order valence-corrected chi connectivity index (χ3v) is 3.21. The Kier molecular flexibility index (Phi) is 2.52. The normalized spacial score (nSPS) is 12.8. The quantitative estimate of drug-likeness (QED) is 0.755. The number of nitrogens with zero attached hydrogens (tertiary/aromatic N) is 1. The largest absolute Gasteiger partial charge is 0.262 e. The molecular weight excluding hydrogens is 206 g/mol. The van der Waals surface area contributed by atoms with E-state index in [0.29, 0.717) is 0 Å². The molecule has 0 atom stereocenters. The first-order valence-corrected chi connectivity index (χ1v) is 6.01. The maximum atomic E-state index is 4.23. The smallest absolute Gasteiger partial charge is 0.0375 e. The molecule has 17 heavy (non-hydrogen) atoms. The molecule has 0 N–H and O–H groups in total. The number of fused-ring (bicyclic) bond motifs is 1. The summed E-state index contributed by atoms with van der Waals surface area (Å²) in [6.45, 7) is 2.04. The zero-order valence-electron chi connectivity index (χ0n) is 9.98. The Labute approximate surface area is 102 Å². The van der Waals surface area contributed by atoms with Crippen LogP contribution in [0.4, 0.5) is 0 Å². The van der Waals surface area contributed by atoms with Gasteiger partial charge >= 0.3 is 0 Å². The topological polar surface area (TPSA) is 12.9 Å². The van der Waals surface area contributed by atoms with Gasteiger partial charge in [-0.1, -0.05) is 30.4 Å². The van der Waals surface area contributed by atoms with Crippen LogP contribution < -0.4 is 0 Å². The van der Waals surface area contributed by atoms with Crippen LogP contribution in [0.2, 0.25) is 0 Å². The second-order valence-electron chi connectivity index (χ2n) is 4.62. The van der Waals surface area contributed by atoms with Crippen molar-refractivity contribution in [3.63, 3.8) is 0 Å². The Balaban J connectivity index is 1.87. The highest BCUT2D eigenvalue weighted by Crippen LogP contribution is 2.22. The van der Waals surface area contributed by atoms with Crippen molar-refractivity contribution in [1.29, 1.82) is 0 Å². The maximum absolute atomic E-state index is 4.23. The molecule has 0 radical (unpaired) electrons. The van der Waals surface area contributed by atoms with E-state index < -0.39 is 0 Å². The highest BCUT2D eigenvalue weighted by molar-refractivity contribution is 5.60. The van der Waals surface area contributed by atoms with Gasteiger partial charge in [-0.2, -0.15) is 0 Å². The molecule has 0 saturated carbocycles. The van der Waals surface area contributed by atoms with Crippen LogP contribution in [0.3, 0.4) is 0 Å². The summed E-state index contributed by atoms with van der Waals surface area (Å²) in [5.41, 5.74) is 6.64. The summed E-state index contributed by atoms with van der Waals surface area (Å²) in [5.74, 6) is 0. The standard InChI is InChI=1S/C16H15N/c1-12-9-14(7-8-17-12)10-13-5-6-15-3-2-4-16(15)11-13/h2-3,5-9,11H,4,10H2,1H3. The van der Waals surface area contributed by atoms with E-state index in [9.17, 15) is 0 Å². The lowest BCUT2D eigenvalue weighted by Gasteiger charge is -2.05. The second kappa shape index (κ2) is 4.17. The molecule has 1 aliphatic rings. The van der Waals surface area contributed by atoms with Gasteiger partial charge in [0.15, 0.2) is 0 Å². The summed E-state index contributed by atoms with van der Waals surface area (Å²) in [4.78, 5) is 4.23. The lowest BCUT2D eigenvalue weighted by molar-refractivity contribution is 1.11. The van der Waals surface area contributed by atoms with Crippen molar-refractivity contribution in [3.8, 4) is 0 Å². The van der Waals surface area contributed by atoms with E-state index in [0.717, 1.165) is 18.5 Å². The van der Waals surface area contributed by atoms with Crippen LogP contribution in [0.5, 0.6) is 0 Å². The first-order chi connectivity index (χ1) is 8.31. The third-order valence-electron chi connectivity index (χ3n) is 3.21. The number of allylic oxidation sites excluding steroid dienone is 1. The minimum atomic E-state index is 0.997. The lowest BCUT2D eigenvalue weighted by Crippen LogP contribution is -1.92. The predicted octanol–water partition coefficient (Wildman–Crippen LogP) is 3.55. The fraction of sp³-hybridized carbons (Fsp3) is 0.188. The molecule has 1 aromatic heterocycles. The van der Waals surface area contributed by atoms with Crippen molar-refractivity contribution >= 4 is 6.08 Å². The van der Waals surface area contributed by atoms with E-state index >= 15 is 0 Å². The number of benzene rings is 1. The number of hydrogen-bond donors (Lipinski definition) is 0. The van der Waals surface area contributed by atoms with Crippen LogP contribution >= 0.6 is 0 Å². The molecule has 0 bridgehead atoms. The van der Waals surface area contributed by atoms with E-state index in [-0.39, 0.29) is 0 Å². The molecular formula is C16H15N. The first kappa shape index (κ1) is 10.3. The summed E-state index contributed by atoms with van der Waals surface area (Å²) in [6.07, 6.45) is 8.40. The molecule has 0 amide bonds. The Hall–Kier alpha value is -1.89. The second-order valence-corrected chi connectivity index (χ2v) is 4.62. The van der Waals surface area contributed by atoms with Gasteiger partial charge in [0.1, 0.15) is 0 Å². The predicted molar refractivity (Wildman–Crippen MR) is 71.0 cm³/mol. The SMILES string of the molecule is Cc1cc(Cc2ccc3c(c2)CC=C3)ccn1. The molecule has 0 spiro atoms. The Morgan fingerprint density at radius 3 is 2.88 bits per heavy atom. The molecule has 84 valence electrons. The lowest BCUT2D eigenvalue weighted by atomic mass is 10.0. The molecule has 2 aromatic rings. The van der Waals surface area contributed by atoms with E-state index in [2.05, 4.69) is 47.5 Å². The number of aryl methyl sites for hydroxylation is 1. The third kappa shape index (κ3) is 2.14. The Morgan fingerprint density at radius 2 is 2.00 bits per heavy atom. The van der Waals surface area contributed by atoms with Gasteiger partial charge in [0.25, 0.3) is 0 Å². The highest BCUT2D eigenvalue weighted by atomic mass is 14.6. The van der Waals surface area contributed by atoms with Crippen molar-refractivity contribution in [2.24, 2.45) is 0 Å².